The van der Waals surface area contributed by atoms with Crippen molar-refractivity contribution in [1.82, 2.24) is 0 Å². The van der Waals surface area contributed by atoms with Crippen LogP contribution in [0.25, 0.3) is 10.4 Å². The number of nitrogens with zero attached hydrogens (tertiary/aromatic N) is 3. The fourth-order valence-corrected chi connectivity index (χ4v) is 0.431. The van der Waals surface area contributed by atoms with Gasteiger partial charge >= 0.3 is 5.97 Å². The smallest absolute Gasteiger partial charge is 0.317 e. The van der Waals surface area contributed by atoms with Gasteiger partial charge in [-0.05, 0) is 12.0 Å². The van der Waals surface area contributed by atoms with Gasteiger partial charge < -0.3 is 4.84 Å². The first-order chi connectivity index (χ1) is 4.81. The molecule has 0 aliphatic heterocycles. The first-order valence-corrected chi connectivity index (χ1v) is 3.05. The summed E-state index contributed by atoms with van der Waals surface area (Å²) in [5.74, 6) is -0.473. The van der Waals surface area contributed by atoms with Gasteiger partial charge in [0.05, 0.1) is 0 Å². The Hall–Kier alpha value is -1.22. The highest BCUT2D eigenvalue weighted by Gasteiger charge is 1.98. The van der Waals surface area contributed by atoms with Crippen LogP contribution in [-0.2, 0) is 9.63 Å². The fourth-order valence-electron chi connectivity index (χ4n) is 0.431. The summed E-state index contributed by atoms with van der Waals surface area (Å²) in [6, 6.07) is 0. The van der Waals surface area contributed by atoms with Gasteiger partial charge in [-0.25, -0.2) is 0 Å². The van der Waals surface area contributed by atoms with Gasteiger partial charge in [-0.1, -0.05) is 13.3 Å². The summed E-state index contributed by atoms with van der Waals surface area (Å²) in [6.45, 7) is 1.96. The van der Waals surface area contributed by atoms with Crippen LogP contribution >= 0.6 is 0 Å². The zero-order valence-electron chi connectivity index (χ0n) is 5.78. The predicted octanol–water partition coefficient (Wildman–Crippen LogP) is 1.95. The average molecular weight is 143 g/mol. The van der Waals surface area contributed by atoms with Crippen molar-refractivity contribution >= 4 is 5.97 Å². The van der Waals surface area contributed by atoms with E-state index in [1.807, 2.05) is 6.92 Å². The summed E-state index contributed by atoms with van der Waals surface area (Å²) < 4.78 is 0. The summed E-state index contributed by atoms with van der Waals surface area (Å²) in [6.07, 6.45) is 2.00. The van der Waals surface area contributed by atoms with E-state index in [0.29, 0.717) is 6.42 Å². The normalized spacial score (nSPS) is 8.10. The molecule has 0 aromatic heterocycles. The third kappa shape index (κ3) is 4.93. The summed E-state index contributed by atoms with van der Waals surface area (Å²) in [5, 5.41) is 2.66. The van der Waals surface area contributed by atoms with E-state index in [4.69, 9.17) is 5.53 Å². The zero-order chi connectivity index (χ0) is 7.82. The van der Waals surface area contributed by atoms with Gasteiger partial charge in [-0.2, -0.15) is 0 Å². The number of rotatable bonds is 4. The molecule has 0 saturated heterocycles. The van der Waals surface area contributed by atoms with Gasteiger partial charge in [-0.15, -0.1) is 0 Å². The Morgan fingerprint density at radius 1 is 1.80 bits per heavy atom. The van der Waals surface area contributed by atoms with Gasteiger partial charge in [0, 0.05) is 11.3 Å². The zero-order valence-corrected chi connectivity index (χ0v) is 5.78. The number of carbonyl (C=O) groups excluding carboxylic acids is 1. The largest absolute Gasteiger partial charge is 0.359 e. The molecule has 0 rings (SSSR count). The first kappa shape index (κ1) is 8.78. The Morgan fingerprint density at radius 2 is 2.50 bits per heavy atom. The minimum atomic E-state index is -0.473. The highest BCUT2D eigenvalue weighted by molar-refractivity contribution is 5.68. The number of hydrogen-bond donors (Lipinski definition) is 0. The monoisotopic (exact) mass is 143 g/mol. The lowest BCUT2D eigenvalue weighted by Gasteiger charge is -1.92. The molecular weight excluding hydrogens is 134 g/mol. The van der Waals surface area contributed by atoms with Gasteiger partial charge in [0.1, 0.15) is 5.28 Å². The Kier molecular flexibility index (Phi) is 5.19. The van der Waals surface area contributed by atoms with Crippen molar-refractivity contribution in [2.75, 3.05) is 0 Å². The van der Waals surface area contributed by atoms with E-state index in [9.17, 15) is 4.79 Å². The molecule has 0 aromatic rings. The van der Waals surface area contributed by atoms with Crippen LogP contribution in [0.5, 0.6) is 0 Å². The highest BCUT2D eigenvalue weighted by atomic mass is 16.7. The molecule has 0 atom stereocenters. The van der Waals surface area contributed by atoms with Crippen molar-refractivity contribution in [1.29, 1.82) is 0 Å². The van der Waals surface area contributed by atoms with E-state index >= 15 is 0 Å². The molecule has 0 aliphatic carbocycles. The molecule has 5 heteroatoms. The highest BCUT2D eigenvalue weighted by Crippen LogP contribution is 1.96. The Morgan fingerprint density at radius 3 is 3.00 bits per heavy atom. The standard InChI is InChI=1S/C5H9N3O2/c1-2-3-4-5(9)10-8-7-6/h2-4H2,1H3. The van der Waals surface area contributed by atoms with E-state index < -0.39 is 5.97 Å². The van der Waals surface area contributed by atoms with Crippen molar-refractivity contribution in [2.24, 2.45) is 5.28 Å². The van der Waals surface area contributed by atoms with Crippen molar-refractivity contribution < 1.29 is 9.63 Å². The van der Waals surface area contributed by atoms with Gasteiger partial charge in [0.15, 0.2) is 0 Å². The molecule has 0 fully saturated rings. The van der Waals surface area contributed by atoms with Crippen molar-refractivity contribution in [3.05, 3.63) is 10.4 Å². The topological polar surface area (TPSA) is 75.1 Å². The maximum Gasteiger partial charge on any atom is 0.317 e. The van der Waals surface area contributed by atoms with Crippen molar-refractivity contribution in [2.45, 2.75) is 26.2 Å². The number of unbranched alkanes of at least 4 members (excludes halogenated alkanes) is 1. The molecule has 0 N–H and O–H groups in total. The minimum absolute atomic E-state index is 0.315. The molecule has 0 heterocycles. The number of azide groups is 1. The maximum absolute atomic E-state index is 10.5. The summed E-state index contributed by atoms with van der Waals surface area (Å²) in [4.78, 5) is 16.8. The van der Waals surface area contributed by atoms with Crippen molar-refractivity contribution in [3.63, 3.8) is 0 Å². The molecule has 0 saturated carbocycles. The molecule has 0 aromatic carbocycles. The van der Waals surface area contributed by atoms with E-state index in [0.717, 1.165) is 12.8 Å². The molecule has 56 valence electrons. The fraction of sp³-hybridized carbons (Fsp3) is 0.800. The van der Waals surface area contributed by atoms with Gasteiger partial charge in [-0.3, -0.25) is 4.79 Å². The summed E-state index contributed by atoms with van der Waals surface area (Å²) in [7, 11) is 0. The molecule has 0 unspecified atom stereocenters. The molecule has 0 radical (unpaired) electrons. The quantitative estimate of drug-likeness (QED) is 0.261. The van der Waals surface area contributed by atoms with Crippen LogP contribution in [0.3, 0.4) is 0 Å². The Labute approximate surface area is 58.6 Å². The Bertz CT molecular complexity index is 151. The third-order valence-electron chi connectivity index (χ3n) is 0.914. The van der Waals surface area contributed by atoms with Crippen LogP contribution in [-0.4, -0.2) is 5.97 Å². The van der Waals surface area contributed by atoms with Gasteiger partial charge in [0.25, 0.3) is 0 Å². The lowest BCUT2D eigenvalue weighted by Crippen LogP contribution is -1.97. The van der Waals surface area contributed by atoms with Crippen LogP contribution in [0.15, 0.2) is 5.28 Å². The maximum atomic E-state index is 10.5. The third-order valence-corrected chi connectivity index (χ3v) is 0.914. The second kappa shape index (κ2) is 5.91. The van der Waals surface area contributed by atoms with Gasteiger partial charge in [0.2, 0.25) is 0 Å². The van der Waals surface area contributed by atoms with Crippen LogP contribution < -0.4 is 0 Å². The predicted molar refractivity (Wildman–Crippen MR) is 34.8 cm³/mol. The van der Waals surface area contributed by atoms with Crippen LogP contribution in [0.2, 0.25) is 0 Å². The Balaban J connectivity index is 3.34. The van der Waals surface area contributed by atoms with Crippen LogP contribution in [0.1, 0.15) is 26.2 Å². The number of carbonyl (C=O) groups is 1. The van der Waals surface area contributed by atoms with Crippen LogP contribution in [0, 0.1) is 0 Å². The summed E-state index contributed by atoms with van der Waals surface area (Å²) >= 11 is 0. The summed E-state index contributed by atoms with van der Waals surface area (Å²) in [5.41, 5.74) is 7.72. The molecule has 0 amide bonds. The molecule has 10 heavy (non-hydrogen) atoms. The minimum Gasteiger partial charge on any atom is -0.359 e. The lowest BCUT2D eigenvalue weighted by molar-refractivity contribution is -0.144. The molecule has 0 bridgehead atoms. The number of hydrogen-bond acceptors (Lipinski definition) is 3. The van der Waals surface area contributed by atoms with E-state index in [-0.39, 0.29) is 0 Å². The van der Waals surface area contributed by atoms with E-state index in [1.54, 1.807) is 0 Å². The molecular formula is C5H9N3O2. The second-order valence-corrected chi connectivity index (χ2v) is 1.74. The van der Waals surface area contributed by atoms with E-state index in [1.165, 1.54) is 0 Å². The van der Waals surface area contributed by atoms with Crippen molar-refractivity contribution in [3.8, 4) is 0 Å². The lowest BCUT2D eigenvalue weighted by atomic mass is 10.3. The second-order valence-electron chi connectivity index (χ2n) is 1.74. The molecule has 0 spiro atoms. The SMILES string of the molecule is CCCCC(=O)ON=[N+]=[N-]. The molecule has 5 nitrogen and oxygen atoms in total. The average Bonchev–Trinajstić information content (AvgIpc) is 1.97. The molecule has 0 aliphatic rings. The van der Waals surface area contributed by atoms with E-state index in [2.05, 4.69) is 15.0 Å². The van der Waals surface area contributed by atoms with Crippen LogP contribution in [0.4, 0.5) is 0 Å². The first-order valence-electron chi connectivity index (χ1n) is 3.05.